The number of alkyl halides is 4. The molecule has 1 aliphatic carbocycles. The molecule has 1 unspecified atom stereocenters. The molecule has 1 atom stereocenters. The smallest absolute Gasteiger partial charge is 0.295 e. The predicted octanol–water partition coefficient (Wildman–Crippen LogP) is 3.75. The molecular weight excluding hydrogens is 236 g/mol. The van der Waals surface area contributed by atoms with Crippen LogP contribution in [0.4, 0.5) is 17.6 Å². The predicted molar refractivity (Wildman–Crippen MR) is 55.2 cm³/mol. The first-order valence-corrected chi connectivity index (χ1v) is 5.50. The van der Waals surface area contributed by atoms with Crippen molar-refractivity contribution in [2.45, 2.75) is 43.9 Å². The average Bonchev–Trinajstić information content (AvgIpc) is 2.28. The molecule has 96 valence electrons. The summed E-state index contributed by atoms with van der Waals surface area (Å²) in [6.07, 6.45) is -2.29. The summed E-state index contributed by atoms with van der Waals surface area (Å²) in [5, 5.41) is 0. The van der Waals surface area contributed by atoms with Gasteiger partial charge in [-0.3, -0.25) is 4.79 Å². The minimum Gasteiger partial charge on any atom is -0.295 e. The second-order valence-corrected chi connectivity index (χ2v) is 4.26. The van der Waals surface area contributed by atoms with Crippen LogP contribution in [-0.4, -0.2) is 17.6 Å². The lowest BCUT2D eigenvalue weighted by atomic mass is 9.80. The Morgan fingerprint density at radius 3 is 2.12 bits per heavy atom. The summed E-state index contributed by atoms with van der Waals surface area (Å²) in [5.74, 6) is -2.25. The molecule has 0 heterocycles. The maximum atomic E-state index is 13.8. The van der Waals surface area contributed by atoms with Crippen LogP contribution in [0.15, 0.2) is 18.4 Å². The highest BCUT2D eigenvalue weighted by atomic mass is 19.4. The first kappa shape index (κ1) is 14.0. The zero-order chi connectivity index (χ0) is 13.1. The Balaban J connectivity index is 2.98. The van der Waals surface area contributed by atoms with Gasteiger partial charge in [-0.05, 0) is 12.8 Å². The molecule has 0 aliphatic heterocycles. The van der Waals surface area contributed by atoms with E-state index in [9.17, 15) is 22.4 Å². The SMILES string of the molecule is C=C=CC(F)(C(=O)C1CCCCC1)C(F)(F)F. The van der Waals surface area contributed by atoms with E-state index in [2.05, 4.69) is 6.58 Å². The van der Waals surface area contributed by atoms with Gasteiger partial charge in [-0.25, -0.2) is 4.39 Å². The van der Waals surface area contributed by atoms with E-state index in [1.807, 2.05) is 0 Å². The van der Waals surface area contributed by atoms with Crippen LogP contribution in [0.25, 0.3) is 0 Å². The molecule has 0 aromatic rings. The van der Waals surface area contributed by atoms with Crippen molar-refractivity contribution in [2.75, 3.05) is 0 Å². The molecule has 0 aromatic heterocycles. The lowest BCUT2D eigenvalue weighted by Gasteiger charge is -2.29. The van der Waals surface area contributed by atoms with Crippen molar-refractivity contribution in [3.05, 3.63) is 18.4 Å². The largest absolute Gasteiger partial charge is 0.434 e. The van der Waals surface area contributed by atoms with Crippen LogP contribution < -0.4 is 0 Å². The Kier molecular flexibility index (Phi) is 4.15. The number of carbonyl (C=O) groups is 1. The highest BCUT2D eigenvalue weighted by molar-refractivity contribution is 5.92. The molecule has 1 rings (SSSR count). The van der Waals surface area contributed by atoms with Gasteiger partial charge in [-0.1, -0.05) is 25.8 Å². The standard InChI is InChI=1S/C12H14F4O/c1-2-8-11(13,12(14,15)16)10(17)9-6-4-3-5-7-9/h8-9H,1,3-7H2. The van der Waals surface area contributed by atoms with Gasteiger partial charge < -0.3 is 0 Å². The van der Waals surface area contributed by atoms with Gasteiger partial charge in [0.25, 0.3) is 5.67 Å². The van der Waals surface area contributed by atoms with Crippen molar-refractivity contribution >= 4 is 5.78 Å². The molecule has 0 N–H and O–H groups in total. The molecule has 5 heteroatoms. The van der Waals surface area contributed by atoms with E-state index in [4.69, 9.17) is 0 Å². The van der Waals surface area contributed by atoms with Gasteiger partial charge in [-0.2, -0.15) is 13.2 Å². The number of allylic oxidation sites excluding steroid dienone is 1. The monoisotopic (exact) mass is 250 g/mol. The third kappa shape index (κ3) is 2.78. The van der Waals surface area contributed by atoms with Crippen LogP contribution in [0.5, 0.6) is 0 Å². The lowest BCUT2D eigenvalue weighted by Crippen LogP contribution is -2.49. The van der Waals surface area contributed by atoms with E-state index in [0.29, 0.717) is 25.7 Å². The summed E-state index contributed by atoms with van der Waals surface area (Å²) < 4.78 is 51.7. The van der Waals surface area contributed by atoms with Gasteiger partial charge in [0.05, 0.1) is 0 Å². The van der Waals surface area contributed by atoms with Gasteiger partial charge in [0, 0.05) is 12.0 Å². The molecule has 1 fully saturated rings. The lowest BCUT2D eigenvalue weighted by molar-refractivity contribution is -0.213. The Morgan fingerprint density at radius 2 is 1.71 bits per heavy atom. The average molecular weight is 250 g/mol. The summed E-state index contributed by atoms with van der Waals surface area (Å²) in [6.45, 7) is 2.91. The molecule has 0 saturated heterocycles. The van der Waals surface area contributed by atoms with Crippen LogP contribution in [0.2, 0.25) is 0 Å². The Bertz CT molecular complexity index is 335. The van der Waals surface area contributed by atoms with E-state index in [0.717, 1.165) is 6.42 Å². The van der Waals surface area contributed by atoms with Crippen LogP contribution in [0.3, 0.4) is 0 Å². The van der Waals surface area contributed by atoms with Crippen molar-refractivity contribution < 1.29 is 22.4 Å². The van der Waals surface area contributed by atoms with Gasteiger partial charge in [0.15, 0.2) is 5.78 Å². The van der Waals surface area contributed by atoms with Crippen LogP contribution in [-0.2, 0) is 4.79 Å². The second kappa shape index (κ2) is 5.05. The molecule has 0 amide bonds. The van der Waals surface area contributed by atoms with Gasteiger partial charge >= 0.3 is 6.18 Å². The maximum absolute atomic E-state index is 13.8. The van der Waals surface area contributed by atoms with Crippen molar-refractivity contribution in [2.24, 2.45) is 5.92 Å². The van der Waals surface area contributed by atoms with Gasteiger partial charge in [0.1, 0.15) is 0 Å². The quantitative estimate of drug-likeness (QED) is 0.550. The maximum Gasteiger partial charge on any atom is 0.434 e. The highest BCUT2D eigenvalue weighted by Crippen LogP contribution is 2.40. The zero-order valence-corrected chi connectivity index (χ0v) is 9.32. The fraction of sp³-hybridized carbons (Fsp3) is 0.667. The van der Waals surface area contributed by atoms with Crippen molar-refractivity contribution in [1.82, 2.24) is 0 Å². The Hall–Kier alpha value is -1.09. The number of hydrogen-bond acceptors (Lipinski definition) is 1. The number of halogens is 4. The minimum atomic E-state index is -5.24. The second-order valence-electron chi connectivity index (χ2n) is 4.26. The normalized spacial score (nSPS) is 21.4. The number of carbonyl (C=O) groups excluding carboxylic acids is 1. The third-order valence-corrected chi connectivity index (χ3v) is 3.05. The summed E-state index contributed by atoms with van der Waals surface area (Å²) >= 11 is 0. The molecule has 1 aliphatic rings. The van der Waals surface area contributed by atoms with E-state index in [-0.39, 0.29) is 6.08 Å². The molecule has 0 bridgehead atoms. The van der Waals surface area contributed by atoms with Gasteiger partial charge in [0.2, 0.25) is 0 Å². The van der Waals surface area contributed by atoms with Crippen molar-refractivity contribution in [1.29, 1.82) is 0 Å². The summed E-state index contributed by atoms with van der Waals surface area (Å²) in [6, 6.07) is 0. The van der Waals surface area contributed by atoms with Crippen molar-refractivity contribution in [3.8, 4) is 0 Å². The molecule has 0 radical (unpaired) electrons. The van der Waals surface area contributed by atoms with E-state index < -0.39 is 23.5 Å². The molecule has 1 nitrogen and oxygen atoms in total. The first-order valence-electron chi connectivity index (χ1n) is 5.50. The molecular formula is C12H14F4O. The topological polar surface area (TPSA) is 17.1 Å². The summed E-state index contributed by atoms with van der Waals surface area (Å²) in [7, 11) is 0. The fourth-order valence-electron chi connectivity index (χ4n) is 2.10. The van der Waals surface area contributed by atoms with Crippen LogP contribution in [0, 0.1) is 5.92 Å². The van der Waals surface area contributed by atoms with E-state index >= 15 is 0 Å². The van der Waals surface area contributed by atoms with Crippen LogP contribution >= 0.6 is 0 Å². The van der Waals surface area contributed by atoms with Crippen LogP contribution in [0.1, 0.15) is 32.1 Å². The molecule has 17 heavy (non-hydrogen) atoms. The summed E-state index contributed by atoms with van der Waals surface area (Å²) in [4.78, 5) is 11.7. The molecule has 1 saturated carbocycles. The first-order chi connectivity index (χ1) is 7.83. The summed E-state index contributed by atoms with van der Waals surface area (Å²) in [5.41, 5.74) is -2.19. The number of hydrogen-bond donors (Lipinski definition) is 0. The third-order valence-electron chi connectivity index (χ3n) is 3.05. The Labute approximate surface area is 97.2 Å². The molecule has 0 spiro atoms. The number of ketones is 1. The molecule has 0 aromatic carbocycles. The minimum absolute atomic E-state index is 0.0872. The van der Waals surface area contributed by atoms with Gasteiger partial charge in [-0.15, -0.1) is 5.73 Å². The zero-order valence-electron chi connectivity index (χ0n) is 9.32. The van der Waals surface area contributed by atoms with E-state index in [1.54, 1.807) is 5.73 Å². The number of Topliss-reactive ketones (excluding diaryl/α,β-unsaturated/α-hetero) is 1. The fourth-order valence-corrected chi connectivity index (χ4v) is 2.10. The van der Waals surface area contributed by atoms with E-state index in [1.165, 1.54) is 0 Å². The highest BCUT2D eigenvalue weighted by Gasteiger charge is 2.61. The Morgan fingerprint density at radius 1 is 1.18 bits per heavy atom. The van der Waals surface area contributed by atoms with Crippen molar-refractivity contribution in [3.63, 3.8) is 0 Å². The number of rotatable bonds is 3.